The van der Waals surface area contributed by atoms with Crippen molar-refractivity contribution in [3.63, 3.8) is 0 Å². The van der Waals surface area contributed by atoms with Crippen molar-refractivity contribution >= 4 is 22.2 Å². The molecule has 0 spiro atoms. The lowest BCUT2D eigenvalue weighted by Gasteiger charge is -2.26. The number of thiazole rings is 1. The predicted octanol–water partition coefficient (Wildman–Crippen LogP) is 2.44. The third-order valence-corrected chi connectivity index (χ3v) is 4.40. The Hall–Kier alpha value is -1.64. The van der Waals surface area contributed by atoms with E-state index in [1.54, 1.807) is 22.2 Å². The number of amides is 1. The summed E-state index contributed by atoms with van der Waals surface area (Å²) in [5.41, 5.74) is 0.556. The van der Waals surface area contributed by atoms with E-state index in [0.717, 1.165) is 0 Å². The molecule has 9 heteroatoms. The maximum Gasteiger partial charge on any atom is 0.408 e. The average molecular weight is 321 g/mol. The second-order valence-corrected chi connectivity index (χ2v) is 5.76. The van der Waals surface area contributed by atoms with Crippen molar-refractivity contribution in [2.45, 2.75) is 31.2 Å². The third-order valence-electron chi connectivity index (χ3n) is 3.50. The van der Waals surface area contributed by atoms with Crippen molar-refractivity contribution in [3.8, 4) is 0 Å². The number of hydrogen-bond acceptors (Lipinski definition) is 3. The van der Waals surface area contributed by atoms with Gasteiger partial charge in [0.15, 0.2) is 4.96 Å². The summed E-state index contributed by atoms with van der Waals surface area (Å²) >= 11 is 1.30. The number of alkyl halides is 4. The van der Waals surface area contributed by atoms with E-state index in [0.29, 0.717) is 15.6 Å². The molecule has 0 saturated carbocycles. The minimum Gasteiger partial charge on any atom is -0.327 e. The molecule has 0 N–H and O–H groups in total. The number of rotatable bonds is 2. The standard InChI is InChI=1S/C12H11F4N3OS/c13-7-3-9(12(14,15)16)19(5-7)10(20)4-8-6-21-11-17-1-2-18(8)11/h1-2,6-7,9H,3-5H2/t7-,9+/m0/s1. The molecule has 1 amide bonds. The van der Waals surface area contributed by atoms with E-state index in [1.165, 1.54) is 11.3 Å². The summed E-state index contributed by atoms with van der Waals surface area (Å²) in [6.45, 7) is -0.500. The summed E-state index contributed by atoms with van der Waals surface area (Å²) < 4.78 is 53.5. The smallest absolute Gasteiger partial charge is 0.327 e. The van der Waals surface area contributed by atoms with Crippen LogP contribution in [0.1, 0.15) is 12.1 Å². The molecule has 1 saturated heterocycles. The van der Waals surface area contributed by atoms with Gasteiger partial charge >= 0.3 is 6.18 Å². The molecule has 114 valence electrons. The number of likely N-dealkylation sites (tertiary alicyclic amines) is 1. The lowest BCUT2D eigenvalue weighted by atomic mass is 10.2. The molecular formula is C12H11F4N3OS. The molecule has 1 aliphatic heterocycles. The van der Waals surface area contributed by atoms with Crippen molar-refractivity contribution in [1.29, 1.82) is 0 Å². The number of carbonyl (C=O) groups excluding carboxylic acids is 1. The van der Waals surface area contributed by atoms with Crippen LogP contribution in [0.4, 0.5) is 17.6 Å². The highest BCUT2D eigenvalue weighted by Crippen LogP contribution is 2.34. The number of nitrogens with zero attached hydrogens (tertiary/aromatic N) is 3. The monoisotopic (exact) mass is 321 g/mol. The fourth-order valence-electron chi connectivity index (χ4n) is 2.53. The minimum absolute atomic E-state index is 0.199. The zero-order valence-electron chi connectivity index (χ0n) is 10.7. The average Bonchev–Trinajstić information content (AvgIpc) is 3.04. The summed E-state index contributed by atoms with van der Waals surface area (Å²) in [4.78, 5) is 17.4. The molecule has 21 heavy (non-hydrogen) atoms. The SMILES string of the molecule is O=C(Cc1csc2nccn12)N1C[C@@H](F)C[C@@H]1C(F)(F)F. The highest BCUT2D eigenvalue weighted by molar-refractivity contribution is 7.15. The molecule has 2 atom stereocenters. The third kappa shape index (κ3) is 2.61. The normalized spacial score (nSPS) is 23.1. The maximum absolute atomic E-state index is 13.3. The highest BCUT2D eigenvalue weighted by atomic mass is 32.1. The number of hydrogen-bond donors (Lipinski definition) is 0. The van der Waals surface area contributed by atoms with Crippen LogP contribution in [-0.2, 0) is 11.2 Å². The van der Waals surface area contributed by atoms with Gasteiger partial charge in [0.25, 0.3) is 0 Å². The van der Waals surface area contributed by atoms with Crippen LogP contribution in [0.5, 0.6) is 0 Å². The molecule has 3 heterocycles. The molecule has 3 rings (SSSR count). The number of carbonyl (C=O) groups is 1. The molecule has 4 nitrogen and oxygen atoms in total. The molecule has 1 fully saturated rings. The van der Waals surface area contributed by atoms with Crippen LogP contribution >= 0.6 is 11.3 Å². The number of fused-ring (bicyclic) bond motifs is 1. The second-order valence-electron chi connectivity index (χ2n) is 4.92. The molecule has 2 aromatic heterocycles. The predicted molar refractivity (Wildman–Crippen MR) is 67.8 cm³/mol. The topological polar surface area (TPSA) is 37.6 Å². The second kappa shape index (κ2) is 4.97. The fourth-order valence-corrected chi connectivity index (χ4v) is 3.38. The van der Waals surface area contributed by atoms with Crippen LogP contribution in [0, 0.1) is 0 Å². The first-order chi connectivity index (χ1) is 9.86. The lowest BCUT2D eigenvalue weighted by Crippen LogP contribution is -2.45. The summed E-state index contributed by atoms with van der Waals surface area (Å²) in [5.74, 6) is -0.717. The van der Waals surface area contributed by atoms with Crippen molar-refractivity contribution < 1.29 is 22.4 Å². The van der Waals surface area contributed by atoms with Gasteiger partial charge < -0.3 is 4.90 Å². The quantitative estimate of drug-likeness (QED) is 0.797. The Morgan fingerprint density at radius 2 is 2.24 bits per heavy atom. The zero-order valence-corrected chi connectivity index (χ0v) is 11.5. The van der Waals surface area contributed by atoms with Crippen LogP contribution in [0.2, 0.25) is 0 Å². The van der Waals surface area contributed by atoms with Gasteiger partial charge in [-0.1, -0.05) is 0 Å². The van der Waals surface area contributed by atoms with E-state index >= 15 is 0 Å². The van der Waals surface area contributed by atoms with Gasteiger partial charge in [-0.25, -0.2) is 9.37 Å². The molecule has 0 aliphatic carbocycles. The summed E-state index contributed by atoms with van der Waals surface area (Å²) in [6, 6.07) is -2.03. The Balaban J connectivity index is 1.80. The molecule has 2 aromatic rings. The van der Waals surface area contributed by atoms with Gasteiger partial charge in [-0.05, 0) is 0 Å². The lowest BCUT2D eigenvalue weighted by molar-refractivity contribution is -0.182. The number of halogens is 4. The Kier molecular flexibility index (Phi) is 3.39. The van der Waals surface area contributed by atoms with Gasteiger partial charge in [-0.3, -0.25) is 9.20 Å². The van der Waals surface area contributed by atoms with Gasteiger partial charge in [-0.2, -0.15) is 13.2 Å². The summed E-state index contributed by atoms with van der Waals surface area (Å²) in [5, 5.41) is 1.67. The first kappa shape index (κ1) is 14.3. The van der Waals surface area contributed by atoms with Crippen LogP contribution in [-0.4, -0.2) is 45.1 Å². The van der Waals surface area contributed by atoms with Crippen LogP contribution < -0.4 is 0 Å². The molecule has 0 bridgehead atoms. The molecule has 0 aromatic carbocycles. The fraction of sp³-hybridized carbons (Fsp3) is 0.500. The van der Waals surface area contributed by atoms with Crippen molar-refractivity contribution in [1.82, 2.24) is 14.3 Å². The van der Waals surface area contributed by atoms with Crippen LogP contribution in [0.3, 0.4) is 0 Å². The van der Waals surface area contributed by atoms with Gasteiger partial charge in [0.2, 0.25) is 5.91 Å². The summed E-state index contributed by atoms with van der Waals surface area (Å²) in [6.07, 6.45) is -3.93. The van der Waals surface area contributed by atoms with E-state index in [1.807, 2.05) is 0 Å². The Morgan fingerprint density at radius 3 is 2.95 bits per heavy atom. The number of aromatic nitrogens is 2. The van der Waals surface area contributed by atoms with E-state index in [9.17, 15) is 22.4 Å². The largest absolute Gasteiger partial charge is 0.408 e. The van der Waals surface area contributed by atoms with Gasteiger partial charge in [0, 0.05) is 29.9 Å². The Bertz CT molecular complexity index is 665. The highest BCUT2D eigenvalue weighted by Gasteiger charge is 2.51. The van der Waals surface area contributed by atoms with Gasteiger partial charge in [0.1, 0.15) is 12.2 Å². The maximum atomic E-state index is 13.3. The van der Waals surface area contributed by atoms with Crippen molar-refractivity contribution in [2.75, 3.05) is 6.54 Å². The Labute approximate surface area is 121 Å². The van der Waals surface area contributed by atoms with E-state index in [2.05, 4.69) is 4.98 Å². The summed E-state index contributed by atoms with van der Waals surface area (Å²) in [7, 11) is 0. The Morgan fingerprint density at radius 1 is 1.48 bits per heavy atom. The minimum atomic E-state index is -4.60. The van der Waals surface area contributed by atoms with Gasteiger partial charge in [-0.15, -0.1) is 11.3 Å². The first-order valence-electron chi connectivity index (χ1n) is 6.26. The molecular weight excluding hydrogens is 310 g/mol. The van der Waals surface area contributed by atoms with Crippen LogP contribution in [0.15, 0.2) is 17.8 Å². The van der Waals surface area contributed by atoms with Crippen LogP contribution in [0.25, 0.3) is 4.96 Å². The molecule has 1 aliphatic rings. The van der Waals surface area contributed by atoms with Crippen molar-refractivity contribution in [3.05, 3.63) is 23.5 Å². The first-order valence-corrected chi connectivity index (χ1v) is 7.14. The van der Waals surface area contributed by atoms with E-state index < -0.39 is 37.3 Å². The number of imidazole rings is 1. The van der Waals surface area contributed by atoms with E-state index in [-0.39, 0.29) is 6.42 Å². The van der Waals surface area contributed by atoms with Gasteiger partial charge in [0.05, 0.1) is 13.0 Å². The van der Waals surface area contributed by atoms with Crippen molar-refractivity contribution in [2.24, 2.45) is 0 Å². The zero-order chi connectivity index (χ0) is 15.2. The molecule has 0 radical (unpaired) electrons. The molecule has 0 unspecified atom stereocenters. The van der Waals surface area contributed by atoms with E-state index in [4.69, 9.17) is 0 Å².